The van der Waals surface area contributed by atoms with Crippen LogP contribution in [0.2, 0.25) is 0 Å². The number of ether oxygens (including phenoxy) is 1. The summed E-state index contributed by atoms with van der Waals surface area (Å²) in [4.78, 5) is 16.5. The molecule has 1 aliphatic heterocycles. The molecule has 2 aromatic rings. The quantitative estimate of drug-likeness (QED) is 0.324. The van der Waals surface area contributed by atoms with Gasteiger partial charge in [-0.15, -0.1) is 35.6 Å². The molecule has 2 aromatic carbocycles. The van der Waals surface area contributed by atoms with E-state index in [-0.39, 0.29) is 30.2 Å². The zero-order valence-electron chi connectivity index (χ0n) is 17.6. The van der Waals surface area contributed by atoms with Crippen LogP contribution in [0.4, 0.5) is 17.1 Å². The summed E-state index contributed by atoms with van der Waals surface area (Å²) in [6.45, 7) is 1.92. The highest BCUT2D eigenvalue weighted by Gasteiger charge is 2.30. The maximum absolute atomic E-state index is 11.3. The number of benzene rings is 2. The third kappa shape index (κ3) is 6.81. The van der Waals surface area contributed by atoms with Crippen molar-refractivity contribution in [2.75, 3.05) is 48.3 Å². The Morgan fingerprint density at radius 3 is 2.47 bits per heavy atom. The number of nitrogens with two attached hydrogens (primary N) is 1. The number of alkyl halides is 2. The van der Waals surface area contributed by atoms with E-state index in [2.05, 4.69) is 15.1 Å². The monoisotopic (exact) mass is 517 g/mol. The van der Waals surface area contributed by atoms with E-state index >= 15 is 0 Å². The average molecular weight is 519 g/mol. The van der Waals surface area contributed by atoms with E-state index in [0.717, 1.165) is 40.8 Å². The third-order valence-electron chi connectivity index (χ3n) is 4.77. The largest absolute Gasteiger partial charge is 0.497 e. The predicted octanol–water partition coefficient (Wildman–Crippen LogP) is 5.26. The van der Waals surface area contributed by atoms with Crippen LogP contribution in [-0.2, 0) is 4.79 Å². The molecule has 1 atom stereocenters. The molecule has 32 heavy (non-hydrogen) atoms. The second-order valence-electron chi connectivity index (χ2n) is 6.78. The highest BCUT2D eigenvalue weighted by atomic mass is 35.5. The number of thioether (sulfide) groups is 1. The highest BCUT2D eigenvalue weighted by Crippen LogP contribution is 2.45. The third-order valence-corrected chi connectivity index (χ3v) is 6.25. The highest BCUT2D eigenvalue weighted by molar-refractivity contribution is 8.00. The minimum absolute atomic E-state index is 0. The molecule has 1 unspecified atom stereocenters. The number of anilines is 2. The molecule has 2 N–H and O–H groups in total. The van der Waals surface area contributed by atoms with Crippen molar-refractivity contribution in [1.29, 1.82) is 0 Å². The van der Waals surface area contributed by atoms with Crippen molar-refractivity contribution in [3.63, 3.8) is 0 Å². The molecule has 3 rings (SSSR count). The summed E-state index contributed by atoms with van der Waals surface area (Å²) in [6.07, 6.45) is 0.240. The Morgan fingerprint density at radius 2 is 1.88 bits per heavy atom. The minimum Gasteiger partial charge on any atom is -0.497 e. The van der Waals surface area contributed by atoms with Gasteiger partial charge >= 0.3 is 0 Å². The van der Waals surface area contributed by atoms with E-state index in [1.165, 1.54) is 0 Å². The SMILES string of the molecule is COc1ccc2c(c1)SC(N=Nc1ccc(N(CCCl)CCCl)cc1)N2CCC(N)=O.Cl. The van der Waals surface area contributed by atoms with E-state index in [9.17, 15) is 4.79 Å². The maximum Gasteiger partial charge on any atom is 0.219 e. The molecule has 0 saturated carbocycles. The number of rotatable bonds is 11. The molecule has 174 valence electrons. The Balaban J connectivity index is 0.00000363. The van der Waals surface area contributed by atoms with Crippen LogP contribution in [0.1, 0.15) is 6.42 Å². The topological polar surface area (TPSA) is 83.5 Å². The number of hydrogen-bond donors (Lipinski definition) is 1. The van der Waals surface area contributed by atoms with Crippen LogP contribution >= 0.6 is 47.4 Å². The van der Waals surface area contributed by atoms with Gasteiger partial charge < -0.3 is 20.3 Å². The smallest absolute Gasteiger partial charge is 0.219 e. The van der Waals surface area contributed by atoms with Gasteiger partial charge in [0.15, 0.2) is 5.50 Å². The first kappa shape index (κ1) is 26.4. The van der Waals surface area contributed by atoms with Crippen molar-refractivity contribution in [1.82, 2.24) is 0 Å². The molecular formula is C21H26Cl3N5O2S. The Kier molecular flexibility index (Phi) is 10.7. The Morgan fingerprint density at radius 1 is 1.19 bits per heavy atom. The maximum atomic E-state index is 11.3. The van der Waals surface area contributed by atoms with Gasteiger partial charge in [-0.2, -0.15) is 10.2 Å². The molecule has 11 heteroatoms. The van der Waals surface area contributed by atoms with Crippen LogP contribution in [0.5, 0.6) is 5.75 Å². The molecule has 1 heterocycles. The van der Waals surface area contributed by atoms with Crippen molar-refractivity contribution in [2.45, 2.75) is 16.8 Å². The van der Waals surface area contributed by atoms with E-state index < -0.39 is 0 Å². The van der Waals surface area contributed by atoms with Crippen LogP contribution in [-0.4, -0.2) is 49.9 Å². The number of fused-ring (bicyclic) bond motifs is 1. The number of hydrogen-bond acceptors (Lipinski definition) is 7. The van der Waals surface area contributed by atoms with E-state index in [4.69, 9.17) is 33.7 Å². The van der Waals surface area contributed by atoms with Crippen molar-refractivity contribution in [3.05, 3.63) is 42.5 Å². The van der Waals surface area contributed by atoms with Gasteiger partial charge in [-0.25, -0.2) is 0 Å². The summed E-state index contributed by atoms with van der Waals surface area (Å²) >= 11 is 13.3. The standard InChI is InChI=1S/C21H25Cl2N5O2S.ClH/c1-30-17-6-7-18-19(14-17)31-21(28(18)11-8-20(24)29)26-25-15-2-4-16(5-3-15)27(12-9-22)13-10-23;/h2-7,14,21H,8-13H2,1H3,(H2,24,29);1H. The van der Waals surface area contributed by atoms with Crippen molar-refractivity contribution in [3.8, 4) is 5.75 Å². The van der Waals surface area contributed by atoms with Crippen LogP contribution in [0.3, 0.4) is 0 Å². The lowest BCUT2D eigenvalue weighted by atomic mass is 10.2. The summed E-state index contributed by atoms with van der Waals surface area (Å²) in [5.74, 6) is 1.48. The number of nitrogens with zero attached hydrogens (tertiary/aromatic N) is 4. The fourth-order valence-corrected chi connectivity index (χ4v) is 4.78. The summed E-state index contributed by atoms with van der Waals surface area (Å²) in [7, 11) is 1.63. The number of methoxy groups -OCH3 is 1. The van der Waals surface area contributed by atoms with Gasteiger partial charge in [0.1, 0.15) is 5.75 Å². The lowest BCUT2D eigenvalue weighted by Gasteiger charge is -2.23. The molecule has 0 spiro atoms. The molecule has 1 amide bonds. The van der Waals surface area contributed by atoms with E-state index in [1.54, 1.807) is 18.9 Å². The molecular weight excluding hydrogens is 493 g/mol. The fraction of sp³-hybridized carbons (Fsp3) is 0.381. The zero-order valence-corrected chi connectivity index (χ0v) is 20.8. The first-order valence-electron chi connectivity index (χ1n) is 9.83. The molecule has 0 aliphatic carbocycles. The first-order valence-corrected chi connectivity index (χ1v) is 11.8. The second kappa shape index (κ2) is 13.0. The van der Waals surface area contributed by atoms with Gasteiger partial charge in [-0.05, 0) is 42.5 Å². The number of carbonyl (C=O) groups excluding carboxylic acids is 1. The first-order chi connectivity index (χ1) is 15.0. The number of amides is 1. The number of azo groups is 1. The lowest BCUT2D eigenvalue weighted by molar-refractivity contribution is -0.117. The number of carbonyl (C=O) groups is 1. The van der Waals surface area contributed by atoms with Crippen LogP contribution < -0.4 is 20.3 Å². The second-order valence-corrected chi connectivity index (χ2v) is 8.64. The number of halogens is 3. The molecule has 0 bridgehead atoms. The Bertz CT molecular complexity index is 911. The molecule has 1 aliphatic rings. The number of primary amides is 1. The molecule has 0 radical (unpaired) electrons. The summed E-state index contributed by atoms with van der Waals surface area (Å²) in [5, 5.41) is 8.96. The van der Waals surface area contributed by atoms with E-state index in [1.807, 2.05) is 47.4 Å². The molecule has 0 saturated heterocycles. The van der Waals surface area contributed by atoms with Gasteiger partial charge in [0.25, 0.3) is 0 Å². The van der Waals surface area contributed by atoms with Crippen LogP contribution in [0, 0.1) is 0 Å². The van der Waals surface area contributed by atoms with Gasteiger partial charge in [0.05, 0.1) is 18.5 Å². The van der Waals surface area contributed by atoms with Gasteiger partial charge in [-0.1, -0.05) is 11.8 Å². The predicted molar refractivity (Wildman–Crippen MR) is 136 cm³/mol. The van der Waals surface area contributed by atoms with Crippen molar-refractivity contribution >= 4 is 70.3 Å². The van der Waals surface area contributed by atoms with Gasteiger partial charge in [0.2, 0.25) is 5.91 Å². The molecule has 0 fully saturated rings. The zero-order chi connectivity index (χ0) is 22.2. The molecule has 0 aromatic heterocycles. The van der Waals surface area contributed by atoms with Crippen molar-refractivity contribution < 1.29 is 9.53 Å². The van der Waals surface area contributed by atoms with Crippen LogP contribution in [0.15, 0.2) is 57.6 Å². The van der Waals surface area contributed by atoms with Gasteiger partial charge in [0, 0.05) is 48.4 Å². The molecule has 7 nitrogen and oxygen atoms in total. The summed E-state index contributed by atoms with van der Waals surface area (Å²) in [6, 6.07) is 13.6. The summed E-state index contributed by atoms with van der Waals surface area (Å²) < 4.78 is 5.32. The normalized spacial score (nSPS) is 14.8. The van der Waals surface area contributed by atoms with Crippen LogP contribution in [0.25, 0.3) is 0 Å². The lowest BCUT2D eigenvalue weighted by Crippen LogP contribution is -2.31. The fourth-order valence-electron chi connectivity index (χ4n) is 3.22. The summed E-state index contributed by atoms with van der Waals surface area (Å²) in [5.41, 5.74) is 7.84. The van der Waals surface area contributed by atoms with E-state index in [0.29, 0.717) is 18.3 Å². The van der Waals surface area contributed by atoms with Gasteiger partial charge in [-0.3, -0.25) is 4.79 Å². The Labute approximate surface area is 208 Å². The Hall–Kier alpha value is -1.87. The van der Waals surface area contributed by atoms with Crippen molar-refractivity contribution in [2.24, 2.45) is 16.0 Å². The minimum atomic E-state index is -0.350. The average Bonchev–Trinajstić information content (AvgIpc) is 3.13.